The molecule has 0 saturated heterocycles. The van der Waals surface area contributed by atoms with Gasteiger partial charge in [0.25, 0.3) is 0 Å². The summed E-state index contributed by atoms with van der Waals surface area (Å²) in [5.41, 5.74) is 0. The van der Waals surface area contributed by atoms with E-state index in [1.807, 2.05) is 21.1 Å². The van der Waals surface area contributed by atoms with Gasteiger partial charge in [-0.1, -0.05) is 96.8 Å². The quantitative estimate of drug-likeness (QED) is 0.0662. The average molecular weight is 509 g/mol. The summed E-state index contributed by atoms with van der Waals surface area (Å²) in [5.74, 6) is -0.457. The number of phosphoric acid groups is 1. The Bertz CT molecular complexity index is 538. The fraction of sp³-hybridized carbons (Fsp3) is 0.962. The van der Waals surface area contributed by atoms with Crippen LogP contribution in [0.1, 0.15) is 110 Å². The molecule has 1 N–H and O–H groups in total. The summed E-state index contributed by atoms with van der Waals surface area (Å²) in [5, 5.41) is 0. The van der Waals surface area contributed by atoms with Gasteiger partial charge in [0.15, 0.2) is 0 Å². The highest BCUT2D eigenvalue weighted by atomic mass is 31.2. The zero-order valence-corrected chi connectivity index (χ0v) is 23.8. The van der Waals surface area contributed by atoms with Crippen LogP contribution in [0.5, 0.6) is 0 Å². The normalized spacial score (nSPS) is 14.6. The van der Waals surface area contributed by atoms with Gasteiger partial charge in [0.05, 0.1) is 34.4 Å². The van der Waals surface area contributed by atoms with Gasteiger partial charge < -0.3 is 14.1 Å². The molecule has 0 aliphatic carbocycles. The van der Waals surface area contributed by atoms with E-state index >= 15 is 0 Å². The first-order valence-corrected chi connectivity index (χ1v) is 15.1. The lowest BCUT2D eigenvalue weighted by Gasteiger charge is -2.24. The molecule has 0 spiro atoms. The number of unbranched alkanes of at least 4 members (excludes halogenated alkanes) is 13. The Hall–Kier alpha value is -0.460. The van der Waals surface area contributed by atoms with Gasteiger partial charge in [-0.25, -0.2) is 4.57 Å². The van der Waals surface area contributed by atoms with E-state index in [9.17, 15) is 14.3 Å². The first kappa shape index (κ1) is 33.5. The van der Waals surface area contributed by atoms with Crippen LogP contribution in [0.3, 0.4) is 0 Å². The van der Waals surface area contributed by atoms with Crippen LogP contribution in [0, 0.1) is 5.92 Å². The maximum absolute atomic E-state index is 12.1. The zero-order valence-electron chi connectivity index (χ0n) is 22.9. The largest absolute Gasteiger partial charge is 0.472 e. The van der Waals surface area contributed by atoms with E-state index in [4.69, 9.17) is 13.8 Å². The summed E-state index contributed by atoms with van der Waals surface area (Å²) in [7, 11) is 1.85. The lowest BCUT2D eigenvalue weighted by molar-refractivity contribution is -0.870. The number of rotatable bonds is 24. The second-order valence-electron chi connectivity index (χ2n) is 10.7. The summed E-state index contributed by atoms with van der Waals surface area (Å²) in [6.45, 7) is 4.62. The molecule has 2 unspecified atom stereocenters. The summed E-state index contributed by atoms with van der Waals surface area (Å²) >= 11 is 0. The minimum Gasteiger partial charge on any atom is -0.465 e. The Kier molecular flexibility index (Phi) is 20.4. The summed E-state index contributed by atoms with van der Waals surface area (Å²) in [6, 6.07) is 0. The van der Waals surface area contributed by atoms with Crippen molar-refractivity contribution in [3.63, 3.8) is 0 Å². The van der Waals surface area contributed by atoms with Crippen molar-refractivity contribution in [1.82, 2.24) is 0 Å². The first-order valence-electron chi connectivity index (χ1n) is 13.6. The summed E-state index contributed by atoms with van der Waals surface area (Å²) < 4.78 is 28.2. The minimum atomic E-state index is -4.10. The Morgan fingerprint density at radius 2 is 1.26 bits per heavy atom. The van der Waals surface area contributed by atoms with Crippen LogP contribution in [0.25, 0.3) is 0 Å². The molecule has 0 aromatic rings. The minimum absolute atomic E-state index is 0.0455. The number of esters is 1. The van der Waals surface area contributed by atoms with Gasteiger partial charge in [-0.3, -0.25) is 13.8 Å². The van der Waals surface area contributed by atoms with Crippen molar-refractivity contribution in [3.05, 3.63) is 0 Å². The van der Waals surface area contributed by atoms with E-state index in [0.29, 0.717) is 11.0 Å². The van der Waals surface area contributed by atoms with Gasteiger partial charge in [-0.2, -0.15) is 0 Å². The molecular formula is C26H55NO6P+. The molecule has 0 aliphatic rings. The SMILES string of the molecule is CCCCCCCCCCCCCCCCC(COC(C)=O)COP(=O)(O)OCC[N+](C)(C)C. The third-order valence-corrected chi connectivity index (χ3v) is 6.96. The molecule has 0 heterocycles. The molecule has 0 saturated carbocycles. The average Bonchev–Trinajstić information content (AvgIpc) is 2.74. The number of phosphoric ester groups is 1. The van der Waals surface area contributed by atoms with E-state index < -0.39 is 7.82 Å². The van der Waals surface area contributed by atoms with Crippen molar-refractivity contribution < 1.29 is 32.5 Å². The Balaban J connectivity index is 3.93. The Morgan fingerprint density at radius 1 is 0.794 bits per heavy atom. The summed E-state index contributed by atoms with van der Waals surface area (Å²) in [6.07, 6.45) is 19.0. The standard InChI is InChI=1S/C26H54NO6P/c1-6-7-8-9-10-11-12-13-14-15-16-17-18-19-20-26(23-31-25(2)28)24-33-34(29,30)32-22-21-27(3,4)5/h26H,6-24H2,1-5H3/p+1. The molecule has 7 nitrogen and oxygen atoms in total. The molecule has 8 heteroatoms. The van der Waals surface area contributed by atoms with Crippen LogP contribution in [0.4, 0.5) is 0 Å². The van der Waals surface area contributed by atoms with Crippen LogP contribution in [0.2, 0.25) is 0 Å². The maximum atomic E-state index is 12.1. The predicted molar refractivity (Wildman–Crippen MR) is 140 cm³/mol. The number of ether oxygens (including phenoxy) is 1. The Labute approximate surface area is 210 Å². The third kappa shape index (κ3) is 24.7. The lowest BCUT2D eigenvalue weighted by Crippen LogP contribution is -2.37. The van der Waals surface area contributed by atoms with Gasteiger partial charge in [0.1, 0.15) is 13.2 Å². The van der Waals surface area contributed by atoms with Crippen LogP contribution in [-0.4, -0.2) is 62.9 Å². The molecule has 0 aliphatic heterocycles. The fourth-order valence-electron chi connectivity index (χ4n) is 3.74. The molecule has 0 fully saturated rings. The van der Waals surface area contributed by atoms with Crippen LogP contribution < -0.4 is 0 Å². The number of nitrogens with zero attached hydrogens (tertiary/aromatic N) is 1. The second-order valence-corrected chi connectivity index (χ2v) is 12.1. The van der Waals surface area contributed by atoms with Crippen molar-refractivity contribution in [2.24, 2.45) is 5.92 Å². The molecule has 0 amide bonds. The number of hydrogen-bond donors (Lipinski definition) is 1. The third-order valence-electron chi connectivity index (χ3n) is 5.98. The molecule has 0 rings (SSSR count). The van der Waals surface area contributed by atoms with Crippen molar-refractivity contribution in [2.75, 3.05) is 47.5 Å². The van der Waals surface area contributed by atoms with Gasteiger partial charge >= 0.3 is 13.8 Å². The first-order chi connectivity index (χ1) is 16.1. The van der Waals surface area contributed by atoms with Gasteiger partial charge in [-0.05, 0) is 6.42 Å². The number of carbonyl (C=O) groups excluding carboxylic acids is 1. The zero-order chi connectivity index (χ0) is 25.7. The topological polar surface area (TPSA) is 82.1 Å². The van der Waals surface area contributed by atoms with Crippen LogP contribution >= 0.6 is 7.82 Å². The maximum Gasteiger partial charge on any atom is 0.472 e. The fourth-order valence-corrected chi connectivity index (χ4v) is 4.53. The van der Waals surface area contributed by atoms with E-state index in [2.05, 4.69) is 6.92 Å². The monoisotopic (exact) mass is 508 g/mol. The molecular weight excluding hydrogens is 453 g/mol. The predicted octanol–water partition coefficient (Wildman–Crippen LogP) is 6.88. The van der Waals surface area contributed by atoms with Crippen molar-refractivity contribution in [1.29, 1.82) is 0 Å². The van der Waals surface area contributed by atoms with E-state index in [1.165, 1.54) is 84.0 Å². The van der Waals surface area contributed by atoms with Crippen LogP contribution in [0.15, 0.2) is 0 Å². The van der Waals surface area contributed by atoms with Gasteiger partial charge in [0.2, 0.25) is 0 Å². The molecule has 0 aromatic heterocycles. The number of hydrogen-bond acceptors (Lipinski definition) is 5. The number of carbonyl (C=O) groups is 1. The highest BCUT2D eigenvalue weighted by Crippen LogP contribution is 2.43. The number of likely N-dealkylation sites (N-methyl/N-ethyl adjacent to an activating group) is 1. The highest BCUT2D eigenvalue weighted by molar-refractivity contribution is 7.47. The highest BCUT2D eigenvalue weighted by Gasteiger charge is 2.25. The van der Waals surface area contributed by atoms with Crippen molar-refractivity contribution in [3.8, 4) is 0 Å². The molecule has 0 radical (unpaired) electrons. The van der Waals surface area contributed by atoms with Crippen molar-refractivity contribution in [2.45, 2.75) is 110 Å². The Morgan fingerprint density at radius 3 is 1.71 bits per heavy atom. The van der Waals surface area contributed by atoms with E-state index in [1.54, 1.807) is 0 Å². The molecule has 34 heavy (non-hydrogen) atoms. The molecule has 204 valence electrons. The van der Waals surface area contributed by atoms with Gasteiger partial charge in [-0.15, -0.1) is 0 Å². The van der Waals surface area contributed by atoms with E-state index in [0.717, 1.165) is 19.3 Å². The summed E-state index contributed by atoms with van der Waals surface area (Å²) in [4.78, 5) is 21.1. The lowest BCUT2D eigenvalue weighted by atomic mass is 10.0. The van der Waals surface area contributed by atoms with Gasteiger partial charge in [0, 0.05) is 12.8 Å². The molecule has 0 aromatic carbocycles. The smallest absolute Gasteiger partial charge is 0.465 e. The number of quaternary nitrogens is 1. The van der Waals surface area contributed by atoms with Crippen LogP contribution in [-0.2, 0) is 23.1 Å². The molecule has 0 bridgehead atoms. The van der Waals surface area contributed by atoms with Crippen molar-refractivity contribution >= 4 is 13.8 Å². The van der Waals surface area contributed by atoms with E-state index in [-0.39, 0.29) is 31.7 Å². The molecule has 2 atom stereocenters. The second kappa shape index (κ2) is 20.7.